The fourth-order valence-electron chi connectivity index (χ4n) is 3.39. The molecule has 0 unspecified atom stereocenters. The van der Waals surface area contributed by atoms with E-state index >= 15 is 0 Å². The van der Waals surface area contributed by atoms with Crippen LogP contribution < -0.4 is 20.8 Å². The van der Waals surface area contributed by atoms with Crippen molar-refractivity contribution in [1.82, 2.24) is 0 Å². The molecule has 0 spiro atoms. The van der Waals surface area contributed by atoms with Crippen LogP contribution in [0, 0.1) is 11.3 Å². The number of fused-ring (bicyclic) bond motifs is 3. The Morgan fingerprint density at radius 2 is 2.00 bits per heavy atom. The van der Waals surface area contributed by atoms with Crippen LogP contribution in [-0.4, -0.2) is 7.11 Å². The Bertz CT molecular complexity index is 1260. The number of benzene rings is 2. The third kappa shape index (κ3) is 2.68. The minimum Gasteiger partial charge on any atom is -0.495 e. The molecule has 0 amide bonds. The predicted molar refractivity (Wildman–Crippen MR) is 105 cm³/mol. The number of halogens is 2. The van der Waals surface area contributed by atoms with Crippen molar-refractivity contribution in [1.29, 1.82) is 5.26 Å². The molecule has 2 heterocycles. The van der Waals surface area contributed by atoms with Gasteiger partial charge in [0.25, 0.3) is 0 Å². The molecule has 0 aliphatic carbocycles. The summed E-state index contributed by atoms with van der Waals surface area (Å²) < 4.78 is 16.6. The maximum atomic E-state index is 12.9. The molecule has 8 heteroatoms. The maximum Gasteiger partial charge on any atom is 0.344 e. The molecule has 0 fully saturated rings. The molecule has 1 atom stereocenters. The van der Waals surface area contributed by atoms with Crippen molar-refractivity contribution < 1.29 is 13.9 Å². The number of rotatable bonds is 2. The fraction of sp³-hybridized carbons (Fsp3) is 0.100. The standard InChI is InChI=1S/C20H12Cl2N2O4/c1-26-17-11(6-9(21)7-13(17)22)15-12(8-23)19(24)28-18-10-4-2-3-5-14(10)27-20(25)16(15)18/h2-7,15H,24H2,1H3/t15-/m1/s1. The molecule has 3 aromatic rings. The highest BCUT2D eigenvalue weighted by atomic mass is 35.5. The number of nitrogens with zero attached hydrogens (tertiary/aromatic N) is 1. The van der Waals surface area contributed by atoms with E-state index in [1.165, 1.54) is 13.2 Å². The summed E-state index contributed by atoms with van der Waals surface area (Å²) in [6.45, 7) is 0. The predicted octanol–water partition coefficient (Wildman–Crippen LogP) is 4.33. The Hall–Kier alpha value is -3.14. The molecule has 1 aliphatic heterocycles. The molecule has 4 rings (SSSR count). The topological polar surface area (TPSA) is 98.5 Å². The van der Waals surface area contributed by atoms with Crippen LogP contribution in [0.1, 0.15) is 17.0 Å². The van der Waals surface area contributed by atoms with Gasteiger partial charge in [0.2, 0.25) is 5.88 Å². The van der Waals surface area contributed by atoms with E-state index in [1.54, 1.807) is 30.3 Å². The average Bonchev–Trinajstić information content (AvgIpc) is 2.66. The molecule has 6 nitrogen and oxygen atoms in total. The first-order valence-electron chi connectivity index (χ1n) is 8.12. The monoisotopic (exact) mass is 414 g/mol. The van der Waals surface area contributed by atoms with Crippen LogP contribution in [-0.2, 0) is 0 Å². The number of hydrogen-bond acceptors (Lipinski definition) is 6. The number of allylic oxidation sites excluding steroid dienone is 1. The highest BCUT2D eigenvalue weighted by Gasteiger charge is 2.37. The van der Waals surface area contributed by atoms with Crippen molar-refractivity contribution in [2.45, 2.75) is 5.92 Å². The first kappa shape index (κ1) is 18.2. The molecular formula is C20H12Cl2N2O4. The zero-order valence-electron chi connectivity index (χ0n) is 14.5. The zero-order valence-corrected chi connectivity index (χ0v) is 16.0. The van der Waals surface area contributed by atoms with E-state index < -0.39 is 11.5 Å². The molecule has 0 saturated carbocycles. The normalized spacial score (nSPS) is 15.7. The van der Waals surface area contributed by atoms with Crippen molar-refractivity contribution >= 4 is 34.2 Å². The van der Waals surface area contributed by atoms with Gasteiger partial charge in [0.05, 0.1) is 29.0 Å². The molecule has 1 aliphatic rings. The van der Waals surface area contributed by atoms with Crippen LogP contribution in [0.4, 0.5) is 0 Å². The van der Waals surface area contributed by atoms with E-state index in [1.807, 2.05) is 6.07 Å². The third-order valence-corrected chi connectivity index (χ3v) is 5.03. The van der Waals surface area contributed by atoms with Gasteiger partial charge in [-0.05, 0) is 24.3 Å². The quantitative estimate of drug-likeness (QED) is 0.626. The van der Waals surface area contributed by atoms with Gasteiger partial charge >= 0.3 is 5.63 Å². The van der Waals surface area contributed by atoms with Crippen molar-refractivity contribution in [3.05, 3.63) is 79.4 Å². The van der Waals surface area contributed by atoms with E-state index in [2.05, 4.69) is 0 Å². The largest absolute Gasteiger partial charge is 0.495 e. The van der Waals surface area contributed by atoms with Gasteiger partial charge in [0, 0.05) is 10.6 Å². The molecule has 0 radical (unpaired) electrons. The molecule has 140 valence electrons. The number of nitrogens with two attached hydrogens (primary N) is 1. The van der Waals surface area contributed by atoms with Crippen molar-refractivity contribution in [2.75, 3.05) is 7.11 Å². The second-order valence-electron chi connectivity index (χ2n) is 6.06. The Kier molecular flexibility index (Phi) is 4.42. The number of ether oxygens (including phenoxy) is 2. The molecular weight excluding hydrogens is 403 g/mol. The van der Waals surface area contributed by atoms with Gasteiger partial charge in [-0.25, -0.2) is 4.79 Å². The van der Waals surface area contributed by atoms with Gasteiger partial charge in [0.15, 0.2) is 5.75 Å². The fourth-order valence-corrected chi connectivity index (χ4v) is 3.97. The Balaban J connectivity index is 2.14. The summed E-state index contributed by atoms with van der Waals surface area (Å²) in [5.74, 6) is -0.529. The molecule has 28 heavy (non-hydrogen) atoms. The highest BCUT2D eigenvalue weighted by Crippen LogP contribution is 2.48. The van der Waals surface area contributed by atoms with Crippen molar-refractivity contribution in [2.24, 2.45) is 5.73 Å². The summed E-state index contributed by atoms with van der Waals surface area (Å²) in [5, 5.41) is 10.8. The van der Waals surface area contributed by atoms with E-state index in [-0.39, 0.29) is 33.5 Å². The van der Waals surface area contributed by atoms with Crippen molar-refractivity contribution in [3.8, 4) is 17.6 Å². The summed E-state index contributed by atoms with van der Waals surface area (Å²) in [7, 11) is 1.43. The summed E-state index contributed by atoms with van der Waals surface area (Å²) in [5.41, 5.74) is 6.29. The van der Waals surface area contributed by atoms with E-state index in [0.29, 0.717) is 21.6 Å². The van der Waals surface area contributed by atoms with Crippen LogP contribution in [0.25, 0.3) is 11.0 Å². The van der Waals surface area contributed by atoms with E-state index in [9.17, 15) is 10.1 Å². The molecule has 2 N–H and O–H groups in total. The van der Waals surface area contributed by atoms with Crippen LogP contribution in [0.2, 0.25) is 10.0 Å². The molecule has 0 bridgehead atoms. The van der Waals surface area contributed by atoms with E-state index in [0.717, 1.165) is 0 Å². The first-order chi connectivity index (χ1) is 13.5. The second-order valence-corrected chi connectivity index (χ2v) is 6.91. The van der Waals surface area contributed by atoms with Gasteiger partial charge < -0.3 is 19.6 Å². The SMILES string of the molecule is COc1c(Cl)cc(Cl)cc1[C@@H]1C(C#N)=C(N)Oc2c1c(=O)oc1ccccc21. The van der Waals surface area contributed by atoms with E-state index in [4.69, 9.17) is 42.8 Å². The Morgan fingerprint density at radius 1 is 1.25 bits per heavy atom. The molecule has 0 saturated heterocycles. The third-order valence-electron chi connectivity index (χ3n) is 4.53. The van der Waals surface area contributed by atoms with Gasteiger partial charge in [-0.1, -0.05) is 35.3 Å². The van der Waals surface area contributed by atoms with Crippen LogP contribution >= 0.6 is 23.2 Å². The number of nitriles is 1. The summed E-state index contributed by atoms with van der Waals surface area (Å²) in [6, 6.07) is 12.0. The number of para-hydroxylation sites is 1. The van der Waals surface area contributed by atoms with Crippen LogP contribution in [0.15, 0.2) is 57.1 Å². The minimum absolute atomic E-state index is 0.0340. The van der Waals surface area contributed by atoms with Gasteiger partial charge in [-0.3, -0.25) is 0 Å². The second kappa shape index (κ2) is 6.79. The lowest BCUT2D eigenvalue weighted by Crippen LogP contribution is -2.26. The van der Waals surface area contributed by atoms with Gasteiger partial charge in [0.1, 0.15) is 23.0 Å². The average molecular weight is 415 g/mol. The van der Waals surface area contributed by atoms with Crippen LogP contribution in [0.3, 0.4) is 0 Å². The lowest BCUT2D eigenvalue weighted by atomic mass is 9.83. The smallest absolute Gasteiger partial charge is 0.344 e. The molecule has 1 aromatic heterocycles. The lowest BCUT2D eigenvalue weighted by Gasteiger charge is -2.27. The zero-order chi connectivity index (χ0) is 20.0. The first-order valence-corrected chi connectivity index (χ1v) is 8.88. The Labute approximate surface area is 169 Å². The summed E-state index contributed by atoms with van der Waals surface area (Å²) in [4.78, 5) is 12.9. The van der Waals surface area contributed by atoms with Gasteiger partial charge in [-0.2, -0.15) is 5.26 Å². The number of hydrogen-bond donors (Lipinski definition) is 1. The summed E-state index contributed by atoms with van der Waals surface area (Å²) >= 11 is 12.5. The highest BCUT2D eigenvalue weighted by molar-refractivity contribution is 6.35. The number of methoxy groups -OCH3 is 1. The maximum absolute atomic E-state index is 12.9. The lowest BCUT2D eigenvalue weighted by molar-refractivity contribution is 0.382. The minimum atomic E-state index is -0.916. The van der Waals surface area contributed by atoms with Crippen LogP contribution in [0.5, 0.6) is 11.5 Å². The summed E-state index contributed by atoms with van der Waals surface area (Å²) in [6.07, 6.45) is 0. The van der Waals surface area contributed by atoms with Crippen molar-refractivity contribution in [3.63, 3.8) is 0 Å². The Morgan fingerprint density at radius 3 is 2.71 bits per heavy atom. The van der Waals surface area contributed by atoms with Gasteiger partial charge in [-0.15, -0.1) is 0 Å². The molecule has 2 aromatic carbocycles.